The number of benzene rings is 1. The third-order valence-corrected chi connectivity index (χ3v) is 3.10. The summed E-state index contributed by atoms with van der Waals surface area (Å²) < 4.78 is 5.46. The van der Waals surface area contributed by atoms with Gasteiger partial charge in [-0.05, 0) is 19.1 Å². The maximum Gasteiger partial charge on any atom is 0.164 e. The summed E-state index contributed by atoms with van der Waals surface area (Å²) >= 11 is 1.61. The number of thioether (sulfide) groups is 1. The van der Waals surface area contributed by atoms with E-state index < -0.39 is 0 Å². The maximum atomic E-state index is 5.78. The molecule has 0 aromatic heterocycles. The molecule has 74 valence electrons. The van der Waals surface area contributed by atoms with E-state index in [2.05, 4.69) is 4.99 Å². The van der Waals surface area contributed by atoms with Crippen molar-refractivity contribution in [3.63, 3.8) is 0 Å². The minimum Gasteiger partial charge on any atom is -0.384 e. The monoisotopic (exact) mass is 208 g/mol. The summed E-state index contributed by atoms with van der Waals surface area (Å²) in [6, 6.07) is 7.93. The van der Waals surface area contributed by atoms with Crippen LogP contribution in [0.5, 0.6) is 0 Å². The first-order valence-corrected chi connectivity index (χ1v) is 5.40. The van der Waals surface area contributed by atoms with E-state index in [1.807, 2.05) is 31.2 Å². The molecule has 1 unspecified atom stereocenters. The molecule has 0 aliphatic carbocycles. The number of aliphatic imine (C=N–C) groups is 1. The third kappa shape index (κ3) is 1.76. The lowest BCUT2D eigenvalue weighted by Gasteiger charge is -2.21. The van der Waals surface area contributed by atoms with Crippen LogP contribution in [0.2, 0.25) is 0 Å². The SMILES string of the molecule is CCOC1Sc2ccccc2N=C1N. The van der Waals surface area contributed by atoms with Gasteiger partial charge in [0.1, 0.15) is 5.84 Å². The molecule has 2 N–H and O–H groups in total. The average Bonchev–Trinajstić information content (AvgIpc) is 2.19. The molecule has 1 aromatic carbocycles. The van der Waals surface area contributed by atoms with Crippen LogP contribution in [0.1, 0.15) is 6.92 Å². The van der Waals surface area contributed by atoms with E-state index in [0.29, 0.717) is 12.4 Å². The van der Waals surface area contributed by atoms with Gasteiger partial charge in [-0.1, -0.05) is 23.9 Å². The van der Waals surface area contributed by atoms with E-state index >= 15 is 0 Å². The predicted octanol–water partition coefficient (Wildman–Crippen LogP) is 2.14. The van der Waals surface area contributed by atoms with Gasteiger partial charge in [0, 0.05) is 11.5 Å². The first-order chi connectivity index (χ1) is 6.81. The Morgan fingerprint density at radius 3 is 3.07 bits per heavy atom. The highest BCUT2D eigenvalue weighted by atomic mass is 32.2. The molecule has 0 radical (unpaired) electrons. The number of para-hydroxylation sites is 1. The zero-order valence-corrected chi connectivity index (χ0v) is 8.75. The Bertz CT molecular complexity index is 365. The van der Waals surface area contributed by atoms with Crippen LogP contribution in [0, 0.1) is 0 Å². The van der Waals surface area contributed by atoms with Crippen molar-refractivity contribution < 1.29 is 4.74 Å². The highest BCUT2D eigenvalue weighted by Crippen LogP contribution is 2.36. The van der Waals surface area contributed by atoms with Crippen LogP contribution < -0.4 is 5.73 Å². The molecule has 3 nitrogen and oxygen atoms in total. The Morgan fingerprint density at radius 2 is 2.29 bits per heavy atom. The summed E-state index contributed by atoms with van der Waals surface area (Å²) in [6.07, 6.45) is 0. The fourth-order valence-corrected chi connectivity index (χ4v) is 2.29. The van der Waals surface area contributed by atoms with Crippen molar-refractivity contribution in [3.8, 4) is 0 Å². The number of hydrogen-bond donors (Lipinski definition) is 1. The Morgan fingerprint density at radius 1 is 1.50 bits per heavy atom. The highest BCUT2D eigenvalue weighted by molar-refractivity contribution is 8.00. The van der Waals surface area contributed by atoms with E-state index in [0.717, 1.165) is 10.6 Å². The smallest absolute Gasteiger partial charge is 0.164 e. The molecule has 14 heavy (non-hydrogen) atoms. The van der Waals surface area contributed by atoms with Crippen LogP contribution in [0.15, 0.2) is 34.2 Å². The van der Waals surface area contributed by atoms with Gasteiger partial charge in [-0.3, -0.25) is 0 Å². The predicted molar refractivity (Wildman–Crippen MR) is 59.0 cm³/mol. The van der Waals surface area contributed by atoms with Crippen LogP contribution in [0.4, 0.5) is 5.69 Å². The van der Waals surface area contributed by atoms with Crippen LogP contribution in [-0.2, 0) is 4.74 Å². The molecule has 0 amide bonds. The second-order valence-corrected chi connectivity index (χ2v) is 4.01. The Hall–Kier alpha value is -1.00. The van der Waals surface area contributed by atoms with Crippen LogP contribution in [-0.4, -0.2) is 17.9 Å². The molecular formula is C10H12N2OS. The lowest BCUT2D eigenvalue weighted by molar-refractivity contribution is 0.164. The van der Waals surface area contributed by atoms with E-state index in [9.17, 15) is 0 Å². The maximum absolute atomic E-state index is 5.78. The van der Waals surface area contributed by atoms with Crippen molar-refractivity contribution in [1.29, 1.82) is 0 Å². The molecule has 1 aromatic rings. The molecule has 0 saturated heterocycles. The van der Waals surface area contributed by atoms with Crippen molar-refractivity contribution in [3.05, 3.63) is 24.3 Å². The number of fused-ring (bicyclic) bond motifs is 1. The number of ether oxygens (including phenoxy) is 1. The third-order valence-electron chi connectivity index (χ3n) is 1.91. The number of amidine groups is 1. The van der Waals surface area contributed by atoms with Crippen LogP contribution >= 0.6 is 11.8 Å². The summed E-state index contributed by atoms with van der Waals surface area (Å²) in [5.74, 6) is 0.551. The van der Waals surface area contributed by atoms with Crippen molar-refractivity contribution >= 4 is 23.3 Å². The quantitative estimate of drug-likeness (QED) is 0.810. The van der Waals surface area contributed by atoms with Crippen molar-refractivity contribution in [1.82, 2.24) is 0 Å². The lowest BCUT2D eigenvalue weighted by Crippen LogP contribution is -2.30. The average molecular weight is 208 g/mol. The highest BCUT2D eigenvalue weighted by Gasteiger charge is 2.21. The largest absolute Gasteiger partial charge is 0.384 e. The molecule has 0 fully saturated rings. The van der Waals surface area contributed by atoms with Gasteiger partial charge in [0.2, 0.25) is 0 Å². The van der Waals surface area contributed by atoms with Gasteiger partial charge >= 0.3 is 0 Å². The van der Waals surface area contributed by atoms with E-state index in [1.54, 1.807) is 11.8 Å². The number of nitrogens with two attached hydrogens (primary N) is 1. The standard InChI is InChI=1S/C10H12N2OS/c1-2-13-10-9(11)12-7-5-3-4-6-8(7)14-10/h3-6,10H,2H2,1H3,(H2,11,12). The molecule has 1 atom stereocenters. The Kier molecular flexibility index (Phi) is 2.74. The Labute approximate surface area is 87.4 Å². The van der Waals surface area contributed by atoms with Gasteiger partial charge in [-0.2, -0.15) is 0 Å². The van der Waals surface area contributed by atoms with Crippen molar-refractivity contribution in [2.75, 3.05) is 6.61 Å². The van der Waals surface area contributed by atoms with Crippen LogP contribution in [0.25, 0.3) is 0 Å². The lowest BCUT2D eigenvalue weighted by atomic mass is 10.3. The topological polar surface area (TPSA) is 47.6 Å². The van der Waals surface area contributed by atoms with Gasteiger partial charge < -0.3 is 10.5 Å². The second-order valence-electron chi connectivity index (χ2n) is 2.91. The summed E-state index contributed by atoms with van der Waals surface area (Å²) in [6.45, 7) is 2.60. The number of nitrogens with zero attached hydrogens (tertiary/aromatic N) is 1. The molecule has 1 aliphatic rings. The van der Waals surface area contributed by atoms with E-state index in [1.165, 1.54) is 0 Å². The van der Waals surface area contributed by atoms with E-state index in [4.69, 9.17) is 10.5 Å². The molecule has 1 heterocycles. The summed E-state index contributed by atoms with van der Waals surface area (Å²) in [5.41, 5.74) is 6.59. The van der Waals surface area contributed by atoms with Gasteiger partial charge in [-0.25, -0.2) is 4.99 Å². The summed E-state index contributed by atoms with van der Waals surface area (Å²) in [4.78, 5) is 5.42. The first-order valence-electron chi connectivity index (χ1n) is 4.52. The van der Waals surface area contributed by atoms with Gasteiger partial charge in [0.25, 0.3) is 0 Å². The molecule has 1 aliphatic heterocycles. The fourth-order valence-electron chi connectivity index (χ4n) is 1.29. The first kappa shape index (κ1) is 9.55. The Balaban J connectivity index is 2.29. The van der Waals surface area contributed by atoms with E-state index in [-0.39, 0.29) is 5.44 Å². The normalized spacial score (nSPS) is 20.1. The molecule has 2 rings (SSSR count). The second kappa shape index (κ2) is 4.02. The minimum absolute atomic E-state index is 0.130. The molecule has 0 spiro atoms. The van der Waals surface area contributed by atoms with Gasteiger partial charge in [0.05, 0.1) is 5.69 Å². The van der Waals surface area contributed by atoms with Crippen molar-refractivity contribution in [2.45, 2.75) is 17.3 Å². The molecule has 0 bridgehead atoms. The minimum atomic E-state index is -0.130. The van der Waals surface area contributed by atoms with Gasteiger partial charge in [-0.15, -0.1) is 0 Å². The zero-order chi connectivity index (χ0) is 9.97. The van der Waals surface area contributed by atoms with Crippen LogP contribution in [0.3, 0.4) is 0 Å². The summed E-state index contributed by atoms with van der Waals surface area (Å²) in [5, 5.41) is 0. The van der Waals surface area contributed by atoms with Gasteiger partial charge in [0.15, 0.2) is 5.44 Å². The number of rotatable bonds is 2. The molecule has 4 heteroatoms. The number of hydrogen-bond acceptors (Lipinski definition) is 4. The molecule has 0 saturated carbocycles. The fraction of sp³-hybridized carbons (Fsp3) is 0.300. The zero-order valence-electron chi connectivity index (χ0n) is 7.93. The van der Waals surface area contributed by atoms with Crippen molar-refractivity contribution in [2.24, 2.45) is 10.7 Å². The summed E-state index contributed by atoms with van der Waals surface area (Å²) in [7, 11) is 0. The molecular weight excluding hydrogens is 196 g/mol.